The lowest BCUT2D eigenvalue weighted by Crippen LogP contribution is -2.42. The molecule has 0 aliphatic heterocycles. The molecule has 0 spiro atoms. The Morgan fingerprint density at radius 3 is 2.81 bits per heavy atom. The van der Waals surface area contributed by atoms with Crippen molar-refractivity contribution in [3.05, 3.63) is 18.0 Å². The number of imidazole rings is 1. The van der Waals surface area contributed by atoms with Crippen LogP contribution in [0.15, 0.2) is 6.20 Å². The molecule has 1 atom stereocenters. The number of carbonyl (C=O) groups is 2. The van der Waals surface area contributed by atoms with Crippen molar-refractivity contribution in [1.29, 1.82) is 0 Å². The van der Waals surface area contributed by atoms with Gasteiger partial charge in [-0.15, -0.1) is 0 Å². The van der Waals surface area contributed by atoms with Crippen molar-refractivity contribution >= 4 is 11.9 Å². The highest BCUT2D eigenvalue weighted by molar-refractivity contribution is 5.83. The van der Waals surface area contributed by atoms with Gasteiger partial charge in [-0.05, 0) is 0 Å². The summed E-state index contributed by atoms with van der Waals surface area (Å²) in [5, 5.41) is 2.40. The molecular weight excluding hydrogens is 217 g/mol. The Bertz CT molecular complexity index is 391. The molecular formula is C9H12FN3O3. The quantitative estimate of drug-likeness (QED) is 0.698. The predicted molar refractivity (Wildman–Crippen MR) is 51.9 cm³/mol. The lowest BCUT2D eigenvalue weighted by Gasteiger charge is -2.13. The van der Waals surface area contributed by atoms with Gasteiger partial charge in [-0.2, -0.15) is 4.39 Å². The number of aromatic nitrogens is 2. The molecule has 1 aromatic heterocycles. The van der Waals surface area contributed by atoms with Gasteiger partial charge in [0.2, 0.25) is 5.91 Å². The van der Waals surface area contributed by atoms with E-state index in [4.69, 9.17) is 0 Å². The number of nitrogens with one attached hydrogen (secondary N) is 2. The number of hydrogen-bond acceptors (Lipinski definition) is 4. The monoisotopic (exact) mass is 229 g/mol. The molecule has 0 radical (unpaired) electrons. The van der Waals surface area contributed by atoms with Gasteiger partial charge >= 0.3 is 5.97 Å². The van der Waals surface area contributed by atoms with Crippen LogP contribution in [0.4, 0.5) is 4.39 Å². The van der Waals surface area contributed by atoms with Crippen LogP contribution in [0.3, 0.4) is 0 Å². The fourth-order valence-corrected chi connectivity index (χ4v) is 1.24. The van der Waals surface area contributed by atoms with Crippen molar-refractivity contribution in [2.45, 2.75) is 19.4 Å². The maximum absolute atomic E-state index is 12.6. The average Bonchev–Trinajstić information content (AvgIpc) is 2.61. The van der Waals surface area contributed by atoms with Crippen molar-refractivity contribution < 1.29 is 18.7 Å². The average molecular weight is 229 g/mol. The molecule has 1 unspecified atom stereocenters. The van der Waals surface area contributed by atoms with Crippen LogP contribution in [0.1, 0.15) is 12.6 Å². The predicted octanol–water partition coefficient (Wildman–Crippen LogP) is -0.231. The molecule has 6 nitrogen and oxygen atoms in total. The Kier molecular flexibility index (Phi) is 3.98. The molecule has 1 aromatic rings. The van der Waals surface area contributed by atoms with Gasteiger partial charge < -0.3 is 15.0 Å². The van der Waals surface area contributed by atoms with E-state index in [0.717, 1.165) is 0 Å². The maximum atomic E-state index is 12.6. The molecule has 1 heterocycles. The number of H-pyrrole nitrogens is 1. The van der Waals surface area contributed by atoms with Crippen LogP contribution >= 0.6 is 0 Å². The van der Waals surface area contributed by atoms with E-state index in [0.29, 0.717) is 5.69 Å². The first kappa shape index (κ1) is 12.2. The fraction of sp³-hybridized carbons (Fsp3) is 0.444. The lowest BCUT2D eigenvalue weighted by atomic mass is 10.1. The highest BCUT2D eigenvalue weighted by Crippen LogP contribution is 2.02. The first-order valence-electron chi connectivity index (χ1n) is 4.57. The summed E-state index contributed by atoms with van der Waals surface area (Å²) < 4.78 is 17.1. The second kappa shape index (κ2) is 5.24. The van der Waals surface area contributed by atoms with Crippen LogP contribution in [0, 0.1) is 6.08 Å². The highest BCUT2D eigenvalue weighted by atomic mass is 19.1. The van der Waals surface area contributed by atoms with Crippen LogP contribution in [0.5, 0.6) is 0 Å². The molecule has 88 valence electrons. The molecule has 0 aliphatic rings. The second-order valence-electron chi connectivity index (χ2n) is 3.18. The van der Waals surface area contributed by atoms with Gasteiger partial charge in [0.1, 0.15) is 6.04 Å². The van der Waals surface area contributed by atoms with Gasteiger partial charge in [0, 0.05) is 19.0 Å². The van der Waals surface area contributed by atoms with Crippen molar-refractivity contribution in [1.82, 2.24) is 15.3 Å². The minimum absolute atomic E-state index is 0.100. The number of halogens is 1. The summed E-state index contributed by atoms with van der Waals surface area (Å²) in [5.74, 6) is -0.958. The van der Waals surface area contributed by atoms with E-state index in [1.165, 1.54) is 20.2 Å². The Labute approximate surface area is 91.2 Å². The number of esters is 1. The van der Waals surface area contributed by atoms with Crippen LogP contribution in [-0.2, 0) is 20.7 Å². The fourth-order valence-electron chi connectivity index (χ4n) is 1.24. The molecule has 2 N–H and O–H groups in total. The molecule has 1 rings (SSSR count). The van der Waals surface area contributed by atoms with E-state index in [1.54, 1.807) is 0 Å². The third kappa shape index (κ3) is 3.34. The van der Waals surface area contributed by atoms with Crippen molar-refractivity contribution in [2.75, 3.05) is 7.11 Å². The largest absolute Gasteiger partial charge is 0.467 e. The summed E-state index contributed by atoms with van der Waals surface area (Å²) in [6.07, 6.45) is 0.623. The van der Waals surface area contributed by atoms with Gasteiger partial charge in [-0.1, -0.05) is 0 Å². The highest BCUT2D eigenvalue weighted by Gasteiger charge is 2.21. The molecule has 0 bridgehead atoms. The molecule has 0 fully saturated rings. The third-order valence-electron chi connectivity index (χ3n) is 1.88. The Hall–Kier alpha value is -1.92. The van der Waals surface area contributed by atoms with E-state index in [9.17, 15) is 14.0 Å². The number of ether oxygens (including phenoxy) is 1. The molecule has 0 saturated heterocycles. The van der Waals surface area contributed by atoms with E-state index < -0.39 is 18.1 Å². The van der Waals surface area contributed by atoms with Crippen molar-refractivity contribution in [2.24, 2.45) is 0 Å². The van der Waals surface area contributed by atoms with Crippen LogP contribution in [0.2, 0.25) is 0 Å². The van der Waals surface area contributed by atoms with Gasteiger partial charge in [-0.25, -0.2) is 9.78 Å². The van der Waals surface area contributed by atoms with E-state index in [2.05, 4.69) is 20.0 Å². The summed E-state index contributed by atoms with van der Waals surface area (Å²) >= 11 is 0. The molecule has 0 saturated carbocycles. The summed E-state index contributed by atoms with van der Waals surface area (Å²) in [6, 6.07) is -0.845. The first-order valence-corrected chi connectivity index (χ1v) is 4.57. The number of methoxy groups -OCH3 is 1. The van der Waals surface area contributed by atoms with E-state index in [-0.39, 0.29) is 12.3 Å². The van der Waals surface area contributed by atoms with Gasteiger partial charge in [0.15, 0.2) is 0 Å². The zero-order valence-electron chi connectivity index (χ0n) is 8.91. The lowest BCUT2D eigenvalue weighted by molar-refractivity contribution is -0.144. The van der Waals surface area contributed by atoms with Crippen molar-refractivity contribution in [3.8, 4) is 0 Å². The van der Waals surface area contributed by atoms with Gasteiger partial charge in [0.05, 0.1) is 13.3 Å². The molecule has 1 amide bonds. The molecule has 16 heavy (non-hydrogen) atoms. The Morgan fingerprint density at radius 1 is 1.69 bits per heavy atom. The van der Waals surface area contributed by atoms with Gasteiger partial charge in [-0.3, -0.25) is 4.79 Å². The molecule has 7 heteroatoms. The van der Waals surface area contributed by atoms with Crippen LogP contribution < -0.4 is 5.32 Å². The summed E-state index contributed by atoms with van der Waals surface area (Å²) in [6.45, 7) is 1.28. The normalized spacial score (nSPS) is 11.9. The standard InChI is InChI=1S/C9H12FN3O3/c1-5(14)12-7(8(15)16-2)3-6-4-11-9(10)13-6/h4,7H,3H2,1-2H3,(H,11,13)(H,12,14). The topological polar surface area (TPSA) is 84.1 Å². The Balaban J connectivity index is 2.70. The summed E-state index contributed by atoms with van der Waals surface area (Å²) in [5.41, 5.74) is 0.404. The van der Waals surface area contributed by atoms with Crippen LogP contribution in [-0.4, -0.2) is 35.0 Å². The maximum Gasteiger partial charge on any atom is 0.328 e. The zero-order valence-corrected chi connectivity index (χ0v) is 8.91. The Morgan fingerprint density at radius 2 is 2.38 bits per heavy atom. The number of amides is 1. The number of nitrogens with zero attached hydrogens (tertiary/aromatic N) is 1. The number of hydrogen-bond donors (Lipinski definition) is 2. The van der Waals surface area contributed by atoms with Crippen molar-refractivity contribution in [3.63, 3.8) is 0 Å². The second-order valence-corrected chi connectivity index (χ2v) is 3.18. The first-order chi connectivity index (χ1) is 7.52. The third-order valence-corrected chi connectivity index (χ3v) is 1.88. The van der Waals surface area contributed by atoms with Gasteiger partial charge in [0.25, 0.3) is 6.08 Å². The SMILES string of the molecule is COC(=O)C(Cc1cnc(F)[nH]1)NC(C)=O. The minimum Gasteiger partial charge on any atom is -0.467 e. The van der Waals surface area contributed by atoms with E-state index in [1.807, 2.05) is 0 Å². The smallest absolute Gasteiger partial charge is 0.328 e. The molecule has 0 aliphatic carbocycles. The minimum atomic E-state index is -0.845. The molecule has 0 aromatic carbocycles. The number of rotatable bonds is 4. The number of carbonyl (C=O) groups excluding carboxylic acids is 2. The zero-order chi connectivity index (χ0) is 12.1. The summed E-state index contributed by atoms with van der Waals surface area (Å²) in [4.78, 5) is 27.8. The number of aromatic amines is 1. The van der Waals surface area contributed by atoms with Crippen LogP contribution in [0.25, 0.3) is 0 Å². The van der Waals surface area contributed by atoms with E-state index >= 15 is 0 Å². The summed E-state index contributed by atoms with van der Waals surface area (Å²) in [7, 11) is 1.21.